The third kappa shape index (κ3) is 4.88. The fourth-order valence-corrected chi connectivity index (χ4v) is 3.51. The second kappa shape index (κ2) is 8.48. The maximum Gasteiger partial charge on any atom is 0.416 e. The molecule has 9 heteroatoms. The Hall–Kier alpha value is -3.88. The van der Waals surface area contributed by atoms with E-state index >= 15 is 0 Å². The summed E-state index contributed by atoms with van der Waals surface area (Å²) >= 11 is 0. The Labute approximate surface area is 190 Å². The number of carbonyl (C=O) groups is 1. The Bertz CT molecular complexity index is 1350. The number of carbonyl (C=O) groups excluding carboxylic acids is 1. The number of nitrogens with zero attached hydrogens (tertiary/aromatic N) is 1. The summed E-state index contributed by atoms with van der Waals surface area (Å²) in [6.07, 6.45) is -10.1. The molecule has 0 spiro atoms. The third-order valence-corrected chi connectivity index (χ3v) is 5.12. The number of anilines is 1. The molecule has 0 aliphatic heterocycles. The molecule has 1 amide bonds. The molecule has 0 atom stereocenters. The number of fused-ring (bicyclic) bond motifs is 1. The van der Waals surface area contributed by atoms with E-state index in [4.69, 9.17) is 0 Å². The molecule has 4 rings (SSSR count). The molecule has 174 valence electrons. The molecular formula is C25H16F6N2O. The summed E-state index contributed by atoms with van der Waals surface area (Å²) in [5, 5.41) is 2.62. The van der Waals surface area contributed by atoms with Gasteiger partial charge >= 0.3 is 12.4 Å². The Balaban J connectivity index is 1.83. The van der Waals surface area contributed by atoms with Gasteiger partial charge in [-0.25, -0.2) is 4.98 Å². The van der Waals surface area contributed by atoms with Crippen molar-refractivity contribution in [3.8, 4) is 11.3 Å². The zero-order valence-electron chi connectivity index (χ0n) is 17.6. The second-order valence-electron chi connectivity index (χ2n) is 7.69. The summed E-state index contributed by atoms with van der Waals surface area (Å²) in [6, 6.07) is 16.5. The van der Waals surface area contributed by atoms with E-state index in [1.807, 2.05) is 0 Å². The number of alkyl halides is 6. The SMILES string of the molecule is Cc1ccc2nc(-c3ccccc3)cc(C(=O)Nc3cc(C(F)(F)F)cc(C(F)(F)F)c3)c2c1. The first-order valence-electron chi connectivity index (χ1n) is 9.99. The topological polar surface area (TPSA) is 42.0 Å². The van der Waals surface area contributed by atoms with E-state index in [1.165, 1.54) is 6.07 Å². The van der Waals surface area contributed by atoms with Crippen molar-refractivity contribution in [3.05, 3.63) is 95.1 Å². The monoisotopic (exact) mass is 474 g/mol. The minimum absolute atomic E-state index is 0.00829. The summed E-state index contributed by atoms with van der Waals surface area (Å²) in [6.45, 7) is 1.79. The van der Waals surface area contributed by atoms with Gasteiger partial charge in [-0.15, -0.1) is 0 Å². The van der Waals surface area contributed by atoms with Crippen molar-refractivity contribution in [2.24, 2.45) is 0 Å². The Morgan fingerprint density at radius 3 is 2.00 bits per heavy atom. The minimum atomic E-state index is -5.03. The molecule has 0 saturated carbocycles. The smallest absolute Gasteiger partial charge is 0.322 e. The summed E-state index contributed by atoms with van der Waals surface area (Å²) in [5.41, 5.74) is -1.20. The van der Waals surface area contributed by atoms with Crippen LogP contribution < -0.4 is 5.32 Å². The largest absolute Gasteiger partial charge is 0.416 e. The number of pyridine rings is 1. The van der Waals surface area contributed by atoms with Gasteiger partial charge in [0.15, 0.2) is 0 Å². The van der Waals surface area contributed by atoms with E-state index in [0.29, 0.717) is 34.3 Å². The van der Waals surface area contributed by atoms with Gasteiger partial charge in [-0.2, -0.15) is 26.3 Å². The summed E-state index contributed by atoms with van der Waals surface area (Å²) in [5.74, 6) is -0.859. The first-order chi connectivity index (χ1) is 15.9. The number of halogens is 6. The van der Waals surface area contributed by atoms with Crippen LogP contribution in [0, 0.1) is 6.92 Å². The number of benzene rings is 3. The van der Waals surface area contributed by atoms with Gasteiger partial charge < -0.3 is 5.32 Å². The predicted molar refractivity (Wildman–Crippen MR) is 116 cm³/mol. The van der Waals surface area contributed by atoms with Crippen LogP contribution in [0.25, 0.3) is 22.2 Å². The lowest BCUT2D eigenvalue weighted by Crippen LogP contribution is -2.16. The lowest BCUT2D eigenvalue weighted by atomic mass is 10.0. The van der Waals surface area contributed by atoms with Crippen molar-refractivity contribution in [2.75, 3.05) is 5.32 Å². The highest BCUT2D eigenvalue weighted by molar-refractivity contribution is 6.13. The van der Waals surface area contributed by atoms with Crippen molar-refractivity contribution < 1.29 is 31.1 Å². The lowest BCUT2D eigenvalue weighted by Gasteiger charge is -2.15. The predicted octanol–water partition coefficient (Wildman–Crippen LogP) is 7.50. The summed E-state index contributed by atoms with van der Waals surface area (Å²) < 4.78 is 79.2. The van der Waals surface area contributed by atoms with E-state index < -0.39 is 35.1 Å². The molecule has 0 aliphatic rings. The first-order valence-corrected chi connectivity index (χ1v) is 9.99. The molecule has 0 saturated heterocycles. The molecule has 1 aromatic heterocycles. The van der Waals surface area contributed by atoms with Crippen LogP contribution in [0.4, 0.5) is 32.0 Å². The van der Waals surface area contributed by atoms with Crippen LogP contribution in [0.15, 0.2) is 72.8 Å². The number of hydrogen-bond acceptors (Lipinski definition) is 2. The average molecular weight is 474 g/mol. The van der Waals surface area contributed by atoms with Crippen LogP contribution in [0.3, 0.4) is 0 Å². The molecule has 3 nitrogen and oxygen atoms in total. The van der Waals surface area contributed by atoms with E-state index in [1.54, 1.807) is 55.5 Å². The Morgan fingerprint density at radius 1 is 0.794 bits per heavy atom. The van der Waals surface area contributed by atoms with Crippen molar-refractivity contribution >= 4 is 22.5 Å². The summed E-state index contributed by atoms with van der Waals surface area (Å²) in [4.78, 5) is 17.7. The van der Waals surface area contributed by atoms with Crippen LogP contribution >= 0.6 is 0 Å². The summed E-state index contributed by atoms with van der Waals surface area (Å²) in [7, 11) is 0. The number of hydrogen-bond donors (Lipinski definition) is 1. The molecular weight excluding hydrogens is 458 g/mol. The van der Waals surface area contributed by atoms with Crippen LogP contribution in [0.1, 0.15) is 27.0 Å². The minimum Gasteiger partial charge on any atom is -0.322 e. The third-order valence-electron chi connectivity index (χ3n) is 5.12. The zero-order chi connectivity index (χ0) is 24.7. The Morgan fingerprint density at radius 2 is 1.41 bits per heavy atom. The van der Waals surface area contributed by atoms with Crippen molar-refractivity contribution in [3.63, 3.8) is 0 Å². The standard InChI is InChI=1S/C25H16F6N2O/c1-14-7-8-21-19(9-14)20(13-22(33-21)15-5-3-2-4-6-15)23(34)32-18-11-16(24(26,27)28)10-17(12-18)25(29,30)31/h2-13H,1H3,(H,32,34). The van der Waals surface area contributed by atoms with E-state index in [2.05, 4.69) is 10.3 Å². The second-order valence-corrected chi connectivity index (χ2v) is 7.69. The van der Waals surface area contributed by atoms with Gasteiger partial charge in [0.25, 0.3) is 5.91 Å². The van der Waals surface area contributed by atoms with Crippen LogP contribution in [0.5, 0.6) is 0 Å². The first kappa shape index (κ1) is 23.3. The van der Waals surface area contributed by atoms with Crippen LogP contribution in [0.2, 0.25) is 0 Å². The normalized spacial score (nSPS) is 12.1. The van der Waals surface area contributed by atoms with E-state index in [0.717, 1.165) is 5.56 Å². The van der Waals surface area contributed by atoms with Crippen molar-refractivity contribution in [1.82, 2.24) is 4.98 Å². The van der Waals surface area contributed by atoms with Gasteiger partial charge in [0, 0.05) is 16.6 Å². The number of nitrogens with one attached hydrogen (secondary N) is 1. The zero-order valence-corrected chi connectivity index (χ0v) is 17.6. The molecule has 3 aromatic carbocycles. The van der Waals surface area contributed by atoms with Crippen LogP contribution in [-0.2, 0) is 12.4 Å². The highest BCUT2D eigenvalue weighted by Crippen LogP contribution is 2.38. The van der Waals surface area contributed by atoms with Crippen molar-refractivity contribution in [1.29, 1.82) is 0 Å². The highest BCUT2D eigenvalue weighted by atomic mass is 19.4. The van der Waals surface area contributed by atoms with Gasteiger partial charge in [-0.05, 0) is 43.3 Å². The molecule has 0 aliphatic carbocycles. The van der Waals surface area contributed by atoms with E-state index in [-0.39, 0.29) is 11.6 Å². The maximum absolute atomic E-state index is 13.2. The van der Waals surface area contributed by atoms with Crippen LogP contribution in [-0.4, -0.2) is 10.9 Å². The van der Waals surface area contributed by atoms with Gasteiger partial charge in [0.1, 0.15) is 0 Å². The quantitative estimate of drug-likeness (QED) is 0.313. The van der Waals surface area contributed by atoms with Gasteiger partial charge in [-0.1, -0.05) is 42.0 Å². The molecule has 1 heterocycles. The van der Waals surface area contributed by atoms with Gasteiger partial charge in [0.05, 0.1) is 27.9 Å². The maximum atomic E-state index is 13.2. The number of amides is 1. The molecule has 34 heavy (non-hydrogen) atoms. The molecule has 1 N–H and O–H groups in total. The fourth-order valence-electron chi connectivity index (χ4n) is 3.51. The van der Waals surface area contributed by atoms with Gasteiger partial charge in [-0.3, -0.25) is 4.79 Å². The number of aromatic nitrogens is 1. The number of aryl methyl sites for hydroxylation is 1. The molecule has 0 radical (unpaired) electrons. The van der Waals surface area contributed by atoms with Gasteiger partial charge in [0.2, 0.25) is 0 Å². The average Bonchev–Trinajstić information content (AvgIpc) is 2.77. The highest BCUT2D eigenvalue weighted by Gasteiger charge is 2.37. The fraction of sp³-hybridized carbons (Fsp3) is 0.120. The number of rotatable bonds is 3. The van der Waals surface area contributed by atoms with Crippen molar-refractivity contribution in [2.45, 2.75) is 19.3 Å². The van der Waals surface area contributed by atoms with E-state index in [9.17, 15) is 31.1 Å². The molecule has 4 aromatic rings. The molecule has 0 unspecified atom stereocenters. The Kier molecular flexibility index (Phi) is 5.80. The lowest BCUT2D eigenvalue weighted by molar-refractivity contribution is -0.143. The molecule has 0 fully saturated rings. The molecule has 0 bridgehead atoms.